The minimum absolute atomic E-state index is 0.682. The van der Waals surface area contributed by atoms with E-state index >= 15 is 0 Å². The molecule has 0 amide bonds. The average molecular weight is 383 g/mol. The fraction of sp³-hybridized carbons (Fsp3) is 0.300. The topological polar surface area (TPSA) is 63.2 Å². The second-order valence-corrected chi connectivity index (χ2v) is 7.30. The fourth-order valence-corrected chi connectivity index (χ4v) is 4.27. The summed E-state index contributed by atoms with van der Waals surface area (Å²) in [4.78, 5) is 4.77. The van der Waals surface area contributed by atoms with E-state index < -0.39 is 0 Å². The molecule has 0 aliphatic heterocycles. The van der Waals surface area contributed by atoms with Crippen molar-refractivity contribution in [2.75, 3.05) is 20.8 Å². The highest BCUT2D eigenvalue weighted by Gasteiger charge is 2.19. The van der Waals surface area contributed by atoms with Gasteiger partial charge in [-0.15, -0.1) is 11.3 Å². The summed E-state index contributed by atoms with van der Waals surface area (Å²) >= 11 is 1.58. The van der Waals surface area contributed by atoms with E-state index in [2.05, 4.69) is 16.7 Å². The van der Waals surface area contributed by atoms with Crippen LogP contribution in [0.5, 0.6) is 5.75 Å². The van der Waals surface area contributed by atoms with Crippen molar-refractivity contribution >= 4 is 32.6 Å². The van der Waals surface area contributed by atoms with Gasteiger partial charge in [0.1, 0.15) is 16.3 Å². The molecule has 0 fully saturated rings. The molecule has 0 bridgehead atoms. The van der Waals surface area contributed by atoms with Gasteiger partial charge in [0.2, 0.25) is 11.7 Å². The van der Waals surface area contributed by atoms with Gasteiger partial charge < -0.3 is 19.2 Å². The summed E-state index contributed by atoms with van der Waals surface area (Å²) in [5, 5.41) is 14.3. The second kappa shape index (κ2) is 7.54. The third kappa shape index (κ3) is 3.36. The van der Waals surface area contributed by atoms with Gasteiger partial charge in [0.05, 0.1) is 12.6 Å². The lowest BCUT2D eigenvalue weighted by molar-refractivity contribution is -0.575. The molecule has 0 saturated heterocycles. The summed E-state index contributed by atoms with van der Waals surface area (Å²) in [5.41, 5.74) is 3.61. The lowest BCUT2D eigenvalue weighted by Crippen LogP contribution is -2.25. The number of aromatic nitrogens is 3. The van der Waals surface area contributed by atoms with Crippen LogP contribution in [0.15, 0.2) is 41.9 Å². The van der Waals surface area contributed by atoms with Gasteiger partial charge in [0.25, 0.3) is 0 Å². The van der Waals surface area contributed by atoms with E-state index in [9.17, 15) is 5.21 Å². The summed E-state index contributed by atoms with van der Waals surface area (Å²) in [6.45, 7) is 1.38. The molecule has 0 unspecified atom stereocenters. The zero-order valence-electron chi connectivity index (χ0n) is 15.3. The Morgan fingerprint density at radius 2 is 2.00 bits per heavy atom. The molecule has 0 saturated carbocycles. The van der Waals surface area contributed by atoms with E-state index in [1.807, 2.05) is 23.6 Å². The Balaban J connectivity index is 1.83. The smallest absolute Gasteiger partial charge is 0.236 e. The van der Waals surface area contributed by atoms with E-state index in [0.717, 1.165) is 50.4 Å². The Bertz CT molecular complexity index is 1070. The minimum Gasteiger partial charge on any atom is -0.618 e. The van der Waals surface area contributed by atoms with Crippen LogP contribution in [-0.4, -0.2) is 30.4 Å². The first-order valence-electron chi connectivity index (χ1n) is 8.81. The number of pyridine rings is 1. The number of thiophene rings is 1. The Labute approximate surface area is 161 Å². The van der Waals surface area contributed by atoms with Gasteiger partial charge in [-0.2, -0.15) is 4.73 Å². The van der Waals surface area contributed by atoms with Gasteiger partial charge in [0.15, 0.2) is 5.52 Å². The molecule has 0 radical (unpaired) electrons. The van der Waals surface area contributed by atoms with Gasteiger partial charge in [-0.25, -0.2) is 4.98 Å². The number of nitrogens with zero attached hydrogens (tertiary/aromatic N) is 3. The molecule has 7 heteroatoms. The van der Waals surface area contributed by atoms with E-state index in [0.29, 0.717) is 18.7 Å². The maximum atomic E-state index is 12.3. The third-order valence-corrected chi connectivity index (χ3v) is 5.57. The maximum Gasteiger partial charge on any atom is 0.236 e. The Morgan fingerprint density at radius 1 is 1.19 bits per heavy atom. The van der Waals surface area contributed by atoms with Crippen LogP contribution in [0.4, 0.5) is 0 Å². The molecule has 140 valence electrons. The van der Waals surface area contributed by atoms with Crippen molar-refractivity contribution in [3.8, 4) is 5.75 Å². The Morgan fingerprint density at radius 3 is 2.74 bits per heavy atom. The molecule has 0 spiro atoms. The summed E-state index contributed by atoms with van der Waals surface area (Å²) in [5.74, 6) is 1.81. The largest absolute Gasteiger partial charge is 0.618 e. The first kappa shape index (κ1) is 17.8. The van der Waals surface area contributed by atoms with Crippen LogP contribution >= 0.6 is 11.3 Å². The molecule has 4 aromatic rings. The van der Waals surface area contributed by atoms with Crippen molar-refractivity contribution in [2.45, 2.75) is 19.4 Å². The fourth-order valence-electron chi connectivity index (χ4n) is 3.33. The first-order valence-corrected chi connectivity index (χ1v) is 9.69. The monoisotopic (exact) mass is 383 g/mol. The van der Waals surface area contributed by atoms with E-state index in [-0.39, 0.29) is 0 Å². The summed E-state index contributed by atoms with van der Waals surface area (Å²) < 4.78 is 14.6. The van der Waals surface area contributed by atoms with Crippen LogP contribution < -0.4 is 9.47 Å². The normalized spacial score (nSPS) is 11.5. The Hall–Kier alpha value is -2.64. The summed E-state index contributed by atoms with van der Waals surface area (Å²) in [7, 11) is 3.37. The molecule has 0 N–H and O–H groups in total. The molecular weight excluding hydrogens is 362 g/mol. The van der Waals surface area contributed by atoms with Crippen LogP contribution in [0.25, 0.3) is 21.3 Å². The molecule has 1 aromatic carbocycles. The number of benzene rings is 1. The van der Waals surface area contributed by atoms with Crippen molar-refractivity contribution in [2.24, 2.45) is 0 Å². The van der Waals surface area contributed by atoms with Crippen LogP contribution in [0.3, 0.4) is 0 Å². The summed E-state index contributed by atoms with van der Waals surface area (Å²) in [6.07, 6.45) is 3.26. The van der Waals surface area contributed by atoms with Crippen molar-refractivity contribution in [3.63, 3.8) is 0 Å². The maximum absolute atomic E-state index is 12.3. The van der Waals surface area contributed by atoms with Crippen LogP contribution in [-0.2, 0) is 17.7 Å². The molecule has 3 aromatic heterocycles. The van der Waals surface area contributed by atoms with Crippen molar-refractivity contribution in [1.29, 1.82) is 0 Å². The number of imidazole rings is 1. The van der Waals surface area contributed by atoms with E-state index in [1.54, 1.807) is 31.8 Å². The number of fused-ring (bicyclic) bond motifs is 3. The zero-order chi connectivity index (χ0) is 18.8. The van der Waals surface area contributed by atoms with Crippen LogP contribution in [0.1, 0.15) is 17.8 Å². The van der Waals surface area contributed by atoms with E-state index in [4.69, 9.17) is 14.5 Å². The highest BCUT2D eigenvalue weighted by atomic mass is 32.1. The molecule has 0 atom stereocenters. The number of hydrogen-bond acceptors (Lipinski definition) is 5. The van der Waals surface area contributed by atoms with Crippen LogP contribution in [0.2, 0.25) is 0 Å². The van der Waals surface area contributed by atoms with Gasteiger partial charge in [-0.3, -0.25) is 0 Å². The molecule has 4 rings (SSSR count). The predicted molar refractivity (Wildman–Crippen MR) is 106 cm³/mol. The van der Waals surface area contributed by atoms with Gasteiger partial charge in [-0.1, -0.05) is 12.1 Å². The SMILES string of the molecule is COCCCc1nc2c[n+]([O-])c3ccsc3c2n1Cc1ccc(OC)cc1. The quantitative estimate of drug-likeness (QED) is 0.278. The zero-order valence-corrected chi connectivity index (χ0v) is 16.2. The first-order chi connectivity index (χ1) is 13.2. The number of ether oxygens (including phenoxy) is 2. The van der Waals surface area contributed by atoms with Gasteiger partial charge >= 0.3 is 0 Å². The van der Waals surface area contributed by atoms with Gasteiger partial charge in [0, 0.05) is 32.7 Å². The molecule has 0 aliphatic carbocycles. The lowest BCUT2D eigenvalue weighted by atomic mass is 10.2. The number of rotatable bonds is 7. The lowest BCUT2D eigenvalue weighted by Gasteiger charge is -2.10. The molecule has 0 aliphatic rings. The highest BCUT2D eigenvalue weighted by molar-refractivity contribution is 7.18. The van der Waals surface area contributed by atoms with Crippen molar-refractivity contribution in [3.05, 3.63) is 58.5 Å². The molecular formula is C20H21N3O3S. The van der Waals surface area contributed by atoms with Gasteiger partial charge in [-0.05, 0) is 29.5 Å². The number of hydrogen-bond donors (Lipinski definition) is 0. The molecule has 27 heavy (non-hydrogen) atoms. The number of methoxy groups -OCH3 is 2. The van der Waals surface area contributed by atoms with E-state index in [1.165, 1.54) is 0 Å². The molecule has 6 nitrogen and oxygen atoms in total. The predicted octanol–water partition coefficient (Wildman–Crippen LogP) is 3.52. The summed E-state index contributed by atoms with van der Waals surface area (Å²) in [6, 6.07) is 9.91. The highest BCUT2D eigenvalue weighted by Crippen LogP contribution is 2.29. The Kier molecular flexibility index (Phi) is 4.96. The standard InChI is InChI=1S/C20H21N3O3S/c1-25-10-3-4-18-21-16-13-23(24)17-9-11-27-20(17)19(16)22(18)12-14-5-7-15(26-2)8-6-14/h5-9,11,13H,3-4,10,12H2,1-2H3. The third-order valence-electron chi connectivity index (χ3n) is 4.66. The number of aryl methyl sites for hydroxylation is 1. The van der Waals surface area contributed by atoms with Crippen molar-refractivity contribution in [1.82, 2.24) is 9.55 Å². The average Bonchev–Trinajstić information content (AvgIpc) is 3.28. The molecule has 3 heterocycles. The minimum atomic E-state index is 0.682. The second-order valence-electron chi connectivity index (χ2n) is 6.38. The van der Waals surface area contributed by atoms with Crippen molar-refractivity contribution < 1.29 is 14.2 Å². The van der Waals surface area contributed by atoms with Crippen LogP contribution in [0, 0.1) is 5.21 Å².